The summed E-state index contributed by atoms with van der Waals surface area (Å²) in [7, 11) is 3.71. The first kappa shape index (κ1) is 22.6. The minimum atomic E-state index is -0.523. The van der Waals surface area contributed by atoms with E-state index >= 15 is 0 Å². The first-order chi connectivity index (χ1) is 14.6. The van der Waals surface area contributed by atoms with Gasteiger partial charge in [0.2, 0.25) is 6.29 Å². The maximum Gasteiger partial charge on any atom is 0.288 e. The molecule has 0 saturated carbocycles. The van der Waals surface area contributed by atoms with Gasteiger partial charge in [0.05, 0.1) is 7.11 Å². The number of amides is 1. The second kappa shape index (κ2) is 10.8. The fourth-order valence-corrected chi connectivity index (χ4v) is 4.13. The molecular weight excluding hydrogens is 384 g/mol. The van der Waals surface area contributed by atoms with Gasteiger partial charge < -0.3 is 29.1 Å². The third kappa shape index (κ3) is 5.33. The number of likely N-dealkylation sites (N-methyl/N-ethyl adjacent to an activating group) is 1. The van der Waals surface area contributed by atoms with Crippen molar-refractivity contribution < 1.29 is 24.1 Å². The molecule has 2 aliphatic heterocycles. The van der Waals surface area contributed by atoms with Crippen LogP contribution in [0.4, 0.5) is 0 Å². The molecule has 1 aromatic rings. The Hall–Kier alpha value is -2.09. The van der Waals surface area contributed by atoms with E-state index in [0.29, 0.717) is 31.9 Å². The summed E-state index contributed by atoms with van der Waals surface area (Å²) in [6, 6.07) is 7.91. The summed E-state index contributed by atoms with van der Waals surface area (Å²) in [5.74, 6) is 1.04. The first-order valence-electron chi connectivity index (χ1n) is 10.8. The zero-order valence-electron chi connectivity index (χ0n) is 18.3. The zero-order valence-corrected chi connectivity index (χ0v) is 18.3. The van der Waals surface area contributed by atoms with Crippen LogP contribution in [-0.4, -0.2) is 80.7 Å². The molecule has 0 aromatic heterocycles. The summed E-state index contributed by atoms with van der Waals surface area (Å²) >= 11 is 0. The van der Waals surface area contributed by atoms with Crippen LogP contribution in [-0.2, 0) is 14.3 Å². The van der Waals surface area contributed by atoms with E-state index < -0.39 is 6.29 Å². The van der Waals surface area contributed by atoms with Gasteiger partial charge in [-0.15, -0.1) is 0 Å². The number of aliphatic hydroxyl groups is 1. The van der Waals surface area contributed by atoms with Crippen LogP contribution < -0.4 is 4.74 Å². The minimum absolute atomic E-state index is 0.00883. The number of aliphatic hydroxyl groups excluding tert-OH is 1. The van der Waals surface area contributed by atoms with Crippen LogP contribution in [0.2, 0.25) is 0 Å². The molecule has 0 bridgehead atoms. The van der Waals surface area contributed by atoms with Gasteiger partial charge in [-0.2, -0.15) is 0 Å². The maximum absolute atomic E-state index is 13.2. The van der Waals surface area contributed by atoms with Gasteiger partial charge in [-0.25, -0.2) is 0 Å². The van der Waals surface area contributed by atoms with Crippen LogP contribution in [0.25, 0.3) is 0 Å². The molecule has 1 N–H and O–H groups in total. The Morgan fingerprint density at radius 2 is 1.90 bits per heavy atom. The number of methoxy groups -OCH3 is 1. The van der Waals surface area contributed by atoms with Gasteiger partial charge in [0.15, 0.2) is 5.76 Å². The SMILES string of the molecule is CCO[C@H]1OC(C(=O)N2CCN(C)CC2)=C[C@@H](c2ccc(OC)cc2)[C@H]1CCCO. The van der Waals surface area contributed by atoms with E-state index in [-0.39, 0.29) is 24.3 Å². The molecule has 1 amide bonds. The van der Waals surface area contributed by atoms with Crippen molar-refractivity contribution in [1.29, 1.82) is 0 Å². The fourth-order valence-electron chi connectivity index (χ4n) is 4.13. The smallest absolute Gasteiger partial charge is 0.288 e. The van der Waals surface area contributed by atoms with Crippen molar-refractivity contribution >= 4 is 5.91 Å². The molecule has 2 heterocycles. The first-order valence-corrected chi connectivity index (χ1v) is 10.8. The second-order valence-corrected chi connectivity index (χ2v) is 7.90. The lowest BCUT2D eigenvalue weighted by Gasteiger charge is -2.39. The number of carbonyl (C=O) groups is 1. The number of ether oxygens (including phenoxy) is 3. The van der Waals surface area contributed by atoms with E-state index in [0.717, 1.165) is 30.8 Å². The summed E-state index contributed by atoms with van der Waals surface area (Å²) in [4.78, 5) is 17.3. The van der Waals surface area contributed by atoms with Crippen LogP contribution in [0.5, 0.6) is 5.75 Å². The highest BCUT2D eigenvalue weighted by molar-refractivity contribution is 5.92. The summed E-state index contributed by atoms with van der Waals surface area (Å²) in [5.41, 5.74) is 1.08. The van der Waals surface area contributed by atoms with Crippen molar-refractivity contribution in [2.75, 3.05) is 53.6 Å². The maximum atomic E-state index is 13.2. The number of nitrogens with zero attached hydrogens (tertiary/aromatic N) is 2. The van der Waals surface area contributed by atoms with E-state index in [4.69, 9.17) is 14.2 Å². The highest BCUT2D eigenvalue weighted by Crippen LogP contribution is 2.40. The molecule has 0 radical (unpaired) electrons. The van der Waals surface area contributed by atoms with E-state index in [1.165, 1.54) is 0 Å². The second-order valence-electron chi connectivity index (χ2n) is 7.90. The number of benzene rings is 1. The fraction of sp³-hybridized carbons (Fsp3) is 0.609. The van der Waals surface area contributed by atoms with Crippen LogP contribution in [0.15, 0.2) is 36.1 Å². The molecule has 3 rings (SSSR count). The van der Waals surface area contributed by atoms with Crippen molar-refractivity contribution in [2.24, 2.45) is 5.92 Å². The van der Waals surface area contributed by atoms with Crippen LogP contribution >= 0.6 is 0 Å². The summed E-state index contributed by atoms with van der Waals surface area (Å²) in [6.45, 7) is 5.62. The number of allylic oxidation sites excluding steroid dienone is 1. The Kier molecular flexibility index (Phi) is 8.13. The number of carbonyl (C=O) groups excluding carboxylic acids is 1. The normalized spacial score (nSPS) is 24.9. The predicted octanol–water partition coefficient (Wildman–Crippen LogP) is 2.22. The van der Waals surface area contributed by atoms with Crippen molar-refractivity contribution in [2.45, 2.75) is 32.0 Å². The van der Waals surface area contributed by atoms with Gasteiger partial charge in [0.1, 0.15) is 5.75 Å². The largest absolute Gasteiger partial charge is 0.497 e. The Labute approximate surface area is 179 Å². The van der Waals surface area contributed by atoms with E-state index in [1.807, 2.05) is 42.2 Å². The summed E-state index contributed by atoms with van der Waals surface area (Å²) < 4.78 is 17.3. The molecule has 0 aliphatic carbocycles. The highest BCUT2D eigenvalue weighted by atomic mass is 16.7. The molecule has 1 saturated heterocycles. The molecule has 166 valence electrons. The van der Waals surface area contributed by atoms with E-state index in [1.54, 1.807) is 7.11 Å². The van der Waals surface area contributed by atoms with E-state index in [9.17, 15) is 9.90 Å². The van der Waals surface area contributed by atoms with Crippen LogP contribution in [0, 0.1) is 5.92 Å². The Morgan fingerprint density at radius 3 is 2.50 bits per heavy atom. The Bertz CT molecular complexity index is 713. The zero-order chi connectivity index (χ0) is 21.5. The average Bonchev–Trinajstić information content (AvgIpc) is 2.78. The molecule has 7 heteroatoms. The standard InChI is InChI=1S/C23H34N2O5/c1-4-29-23-19(6-5-15-26)20(17-7-9-18(28-3)10-8-17)16-21(30-23)22(27)25-13-11-24(2)12-14-25/h7-10,16,19-20,23,26H,4-6,11-15H2,1-3H3/t19-,20+,23+/m1/s1. The topological polar surface area (TPSA) is 71.5 Å². The lowest BCUT2D eigenvalue weighted by molar-refractivity contribution is -0.170. The third-order valence-corrected chi connectivity index (χ3v) is 5.91. The summed E-state index contributed by atoms with van der Waals surface area (Å²) in [5, 5.41) is 9.39. The van der Waals surface area contributed by atoms with E-state index in [2.05, 4.69) is 11.9 Å². The molecule has 0 unspecified atom stereocenters. The predicted molar refractivity (Wildman–Crippen MR) is 114 cm³/mol. The van der Waals surface area contributed by atoms with Gasteiger partial charge in [-0.1, -0.05) is 12.1 Å². The lowest BCUT2D eigenvalue weighted by atomic mass is 9.80. The Balaban J connectivity index is 1.91. The van der Waals surface area contributed by atoms with Crippen molar-refractivity contribution in [3.8, 4) is 5.75 Å². The lowest BCUT2D eigenvalue weighted by Crippen LogP contribution is -2.49. The van der Waals surface area contributed by atoms with Gasteiger partial charge in [-0.3, -0.25) is 4.79 Å². The number of piperazine rings is 1. The minimum Gasteiger partial charge on any atom is -0.497 e. The van der Waals surface area contributed by atoms with Gasteiger partial charge in [-0.05, 0) is 50.6 Å². The molecular formula is C23H34N2O5. The number of rotatable bonds is 8. The molecule has 1 fully saturated rings. The van der Waals surface area contributed by atoms with Crippen LogP contribution in [0.1, 0.15) is 31.2 Å². The quantitative estimate of drug-likeness (QED) is 0.698. The molecule has 3 atom stereocenters. The number of hydrogen-bond donors (Lipinski definition) is 1. The van der Waals surface area contributed by atoms with Crippen LogP contribution in [0.3, 0.4) is 0 Å². The van der Waals surface area contributed by atoms with Gasteiger partial charge >= 0.3 is 0 Å². The van der Waals surface area contributed by atoms with Crippen molar-refractivity contribution in [3.05, 3.63) is 41.7 Å². The molecule has 1 aromatic carbocycles. The van der Waals surface area contributed by atoms with Gasteiger partial charge in [0.25, 0.3) is 5.91 Å². The average molecular weight is 419 g/mol. The Morgan fingerprint density at radius 1 is 1.20 bits per heavy atom. The van der Waals surface area contributed by atoms with Crippen molar-refractivity contribution in [1.82, 2.24) is 9.80 Å². The monoisotopic (exact) mass is 418 g/mol. The van der Waals surface area contributed by atoms with Crippen molar-refractivity contribution in [3.63, 3.8) is 0 Å². The molecule has 2 aliphatic rings. The molecule has 7 nitrogen and oxygen atoms in total. The summed E-state index contributed by atoms with van der Waals surface area (Å²) in [6.07, 6.45) is 2.81. The number of hydrogen-bond acceptors (Lipinski definition) is 6. The molecule has 30 heavy (non-hydrogen) atoms. The third-order valence-electron chi connectivity index (χ3n) is 5.91. The van der Waals surface area contributed by atoms with Gasteiger partial charge in [0, 0.05) is 51.2 Å². The molecule has 0 spiro atoms. The highest BCUT2D eigenvalue weighted by Gasteiger charge is 2.39.